The molecule has 15 heavy (non-hydrogen) atoms. The van der Waals surface area contributed by atoms with E-state index >= 15 is 0 Å². The van der Waals surface area contributed by atoms with E-state index in [9.17, 15) is 0 Å². The van der Waals surface area contributed by atoms with Crippen molar-refractivity contribution >= 4 is 5.69 Å². The van der Waals surface area contributed by atoms with Crippen molar-refractivity contribution in [3.05, 3.63) is 53.6 Å². The molecule has 0 unspecified atom stereocenters. The van der Waals surface area contributed by atoms with Gasteiger partial charge in [-0.25, -0.2) is 0 Å². The molecule has 2 aromatic carbocycles. The van der Waals surface area contributed by atoms with Crippen LogP contribution < -0.4 is 5.73 Å². The van der Waals surface area contributed by atoms with Gasteiger partial charge in [0.15, 0.2) is 0 Å². The maximum atomic E-state index is 5.79. The Morgan fingerprint density at radius 2 is 1.87 bits per heavy atom. The van der Waals surface area contributed by atoms with Gasteiger partial charge in [0.25, 0.3) is 0 Å². The van der Waals surface area contributed by atoms with Gasteiger partial charge < -0.3 is 5.73 Å². The SMILES string of the molecule is Cc1cc[c]c(-c2ccc(N)c(C)c2)c1. The number of benzene rings is 2. The van der Waals surface area contributed by atoms with Crippen LogP contribution in [-0.2, 0) is 0 Å². The van der Waals surface area contributed by atoms with E-state index in [1.165, 1.54) is 11.1 Å². The summed E-state index contributed by atoms with van der Waals surface area (Å²) in [5.74, 6) is 0. The highest BCUT2D eigenvalue weighted by molar-refractivity contribution is 5.67. The number of aryl methyl sites for hydroxylation is 2. The third kappa shape index (κ3) is 2.01. The summed E-state index contributed by atoms with van der Waals surface area (Å²) >= 11 is 0. The lowest BCUT2D eigenvalue weighted by molar-refractivity contribution is 1.43. The minimum atomic E-state index is 0.839. The summed E-state index contributed by atoms with van der Waals surface area (Å²) in [7, 11) is 0. The average molecular weight is 196 g/mol. The van der Waals surface area contributed by atoms with Gasteiger partial charge in [0.2, 0.25) is 0 Å². The fourth-order valence-electron chi connectivity index (χ4n) is 1.59. The van der Waals surface area contributed by atoms with Crippen LogP contribution in [0, 0.1) is 19.9 Å². The summed E-state index contributed by atoms with van der Waals surface area (Å²) in [4.78, 5) is 0. The fraction of sp³-hybridized carbons (Fsp3) is 0.143. The van der Waals surface area contributed by atoms with E-state index in [0.717, 1.165) is 16.8 Å². The molecule has 2 N–H and O–H groups in total. The molecule has 1 radical (unpaired) electrons. The van der Waals surface area contributed by atoms with Crippen molar-refractivity contribution in [2.24, 2.45) is 0 Å². The number of nitrogens with two attached hydrogens (primary N) is 1. The van der Waals surface area contributed by atoms with Gasteiger partial charge in [-0.15, -0.1) is 0 Å². The summed E-state index contributed by atoms with van der Waals surface area (Å²) < 4.78 is 0. The molecule has 0 bridgehead atoms. The number of anilines is 1. The zero-order valence-electron chi connectivity index (χ0n) is 9.04. The highest BCUT2D eigenvalue weighted by atomic mass is 14.5. The monoisotopic (exact) mass is 196 g/mol. The predicted molar refractivity (Wildman–Crippen MR) is 64.6 cm³/mol. The Morgan fingerprint density at radius 1 is 1.07 bits per heavy atom. The van der Waals surface area contributed by atoms with E-state index in [2.05, 4.69) is 25.1 Å². The lowest BCUT2D eigenvalue weighted by Gasteiger charge is -2.05. The largest absolute Gasteiger partial charge is 0.399 e. The molecular weight excluding hydrogens is 182 g/mol. The van der Waals surface area contributed by atoms with Crippen LogP contribution in [0.3, 0.4) is 0 Å². The first-order valence-electron chi connectivity index (χ1n) is 5.01. The number of hydrogen-bond donors (Lipinski definition) is 1. The van der Waals surface area contributed by atoms with E-state index in [0.29, 0.717) is 0 Å². The molecular formula is C14H14N. The molecule has 2 aromatic rings. The summed E-state index contributed by atoms with van der Waals surface area (Å²) in [6.45, 7) is 4.11. The maximum Gasteiger partial charge on any atom is 0.0344 e. The van der Waals surface area contributed by atoms with Crippen molar-refractivity contribution in [1.29, 1.82) is 0 Å². The predicted octanol–water partition coefficient (Wildman–Crippen LogP) is 3.35. The highest BCUT2D eigenvalue weighted by Crippen LogP contribution is 2.23. The third-order valence-corrected chi connectivity index (χ3v) is 2.54. The van der Waals surface area contributed by atoms with Gasteiger partial charge in [0, 0.05) is 5.69 Å². The Hall–Kier alpha value is -1.76. The van der Waals surface area contributed by atoms with Crippen molar-refractivity contribution in [1.82, 2.24) is 0 Å². The van der Waals surface area contributed by atoms with Crippen LogP contribution in [0.4, 0.5) is 5.69 Å². The van der Waals surface area contributed by atoms with Crippen molar-refractivity contribution < 1.29 is 0 Å². The number of rotatable bonds is 1. The molecule has 0 amide bonds. The van der Waals surface area contributed by atoms with Crippen LogP contribution in [0.15, 0.2) is 36.4 Å². The topological polar surface area (TPSA) is 26.0 Å². The highest BCUT2D eigenvalue weighted by Gasteiger charge is 2.00. The van der Waals surface area contributed by atoms with Gasteiger partial charge in [0.05, 0.1) is 0 Å². The normalized spacial score (nSPS) is 10.3. The molecule has 75 valence electrons. The van der Waals surface area contributed by atoms with Gasteiger partial charge >= 0.3 is 0 Å². The molecule has 0 fully saturated rings. The Bertz CT molecular complexity index is 486. The number of nitrogen functional groups attached to an aromatic ring is 1. The second-order valence-electron chi connectivity index (χ2n) is 3.85. The van der Waals surface area contributed by atoms with E-state index in [1.807, 2.05) is 31.2 Å². The van der Waals surface area contributed by atoms with Crippen molar-refractivity contribution in [3.63, 3.8) is 0 Å². The van der Waals surface area contributed by atoms with Gasteiger partial charge in [-0.1, -0.05) is 29.8 Å². The van der Waals surface area contributed by atoms with Crippen LogP contribution >= 0.6 is 0 Å². The molecule has 0 spiro atoms. The fourth-order valence-corrected chi connectivity index (χ4v) is 1.59. The summed E-state index contributed by atoms with van der Waals surface area (Å²) in [5, 5.41) is 0. The minimum Gasteiger partial charge on any atom is -0.399 e. The molecule has 0 saturated carbocycles. The van der Waals surface area contributed by atoms with E-state index in [-0.39, 0.29) is 0 Å². The van der Waals surface area contributed by atoms with E-state index in [4.69, 9.17) is 5.73 Å². The van der Waals surface area contributed by atoms with Gasteiger partial charge in [-0.3, -0.25) is 0 Å². The quantitative estimate of drug-likeness (QED) is 0.695. The van der Waals surface area contributed by atoms with Crippen LogP contribution in [0.5, 0.6) is 0 Å². The summed E-state index contributed by atoms with van der Waals surface area (Å²) in [6, 6.07) is 15.4. The van der Waals surface area contributed by atoms with Crippen molar-refractivity contribution in [2.75, 3.05) is 5.73 Å². The minimum absolute atomic E-state index is 0.839. The third-order valence-electron chi connectivity index (χ3n) is 2.54. The Labute approximate surface area is 90.6 Å². The molecule has 2 rings (SSSR count). The summed E-state index contributed by atoms with van der Waals surface area (Å²) in [5.41, 5.74) is 11.3. The Kier molecular flexibility index (Phi) is 2.46. The molecule has 1 nitrogen and oxygen atoms in total. The second kappa shape index (κ2) is 3.77. The average Bonchev–Trinajstić information content (AvgIpc) is 2.22. The maximum absolute atomic E-state index is 5.79. The van der Waals surface area contributed by atoms with Gasteiger partial charge in [-0.05, 0) is 48.7 Å². The van der Waals surface area contributed by atoms with Crippen LogP contribution in [0.2, 0.25) is 0 Å². The van der Waals surface area contributed by atoms with Gasteiger partial charge in [0.1, 0.15) is 0 Å². The molecule has 0 aliphatic rings. The molecule has 1 heteroatoms. The van der Waals surface area contributed by atoms with Crippen molar-refractivity contribution in [2.45, 2.75) is 13.8 Å². The lowest BCUT2D eigenvalue weighted by Crippen LogP contribution is -1.89. The lowest BCUT2D eigenvalue weighted by atomic mass is 10.0. The zero-order valence-corrected chi connectivity index (χ0v) is 9.04. The van der Waals surface area contributed by atoms with Crippen LogP contribution in [0.25, 0.3) is 11.1 Å². The Morgan fingerprint density at radius 3 is 2.53 bits per heavy atom. The van der Waals surface area contributed by atoms with E-state index < -0.39 is 0 Å². The van der Waals surface area contributed by atoms with Crippen LogP contribution in [0.1, 0.15) is 11.1 Å². The standard InChI is InChI=1S/C14H14N/c1-10-4-3-5-12(8-10)13-6-7-14(15)11(2)9-13/h3-4,6-9H,15H2,1-2H3. The zero-order chi connectivity index (χ0) is 10.8. The molecule has 0 atom stereocenters. The molecule has 0 saturated heterocycles. The molecule has 0 aromatic heterocycles. The van der Waals surface area contributed by atoms with Gasteiger partial charge in [-0.2, -0.15) is 0 Å². The number of hydrogen-bond acceptors (Lipinski definition) is 1. The molecule has 0 heterocycles. The van der Waals surface area contributed by atoms with Crippen molar-refractivity contribution in [3.8, 4) is 11.1 Å². The summed E-state index contributed by atoms with van der Waals surface area (Å²) in [6.07, 6.45) is 0. The molecule has 0 aliphatic carbocycles. The first-order valence-corrected chi connectivity index (χ1v) is 5.01. The first kappa shape index (κ1) is 9.78. The smallest absolute Gasteiger partial charge is 0.0344 e. The second-order valence-corrected chi connectivity index (χ2v) is 3.85. The molecule has 0 aliphatic heterocycles. The van der Waals surface area contributed by atoms with Crippen LogP contribution in [-0.4, -0.2) is 0 Å². The first-order chi connectivity index (χ1) is 7.16. The van der Waals surface area contributed by atoms with E-state index in [1.54, 1.807) is 0 Å². The Balaban J connectivity index is 2.50.